The highest BCUT2D eigenvalue weighted by Crippen LogP contribution is 2.21. The van der Waals surface area contributed by atoms with Crippen molar-refractivity contribution in [2.24, 2.45) is 0 Å². The van der Waals surface area contributed by atoms with Crippen LogP contribution in [0.2, 0.25) is 0 Å². The summed E-state index contributed by atoms with van der Waals surface area (Å²) in [5.74, 6) is 2.66. The van der Waals surface area contributed by atoms with Crippen LogP contribution in [0.4, 0.5) is 17.6 Å². The minimum atomic E-state index is 0.719. The van der Waals surface area contributed by atoms with E-state index in [0.29, 0.717) is 0 Å². The summed E-state index contributed by atoms with van der Waals surface area (Å²) in [6, 6.07) is 2.05. The Balaban J connectivity index is 2.20. The van der Waals surface area contributed by atoms with Crippen LogP contribution in [0.1, 0.15) is 33.1 Å². The molecule has 1 aromatic heterocycles. The molecule has 1 aromatic rings. The van der Waals surface area contributed by atoms with Crippen LogP contribution in [-0.2, 0) is 0 Å². The molecule has 1 aliphatic rings. The first-order valence-corrected chi connectivity index (χ1v) is 6.95. The monoisotopic (exact) mass is 249 g/mol. The van der Waals surface area contributed by atoms with Crippen molar-refractivity contribution < 1.29 is 0 Å². The number of anilines is 3. The number of nitrogens with one attached hydrogen (secondary N) is 2. The maximum Gasteiger partial charge on any atom is 0.226 e. The molecule has 18 heavy (non-hydrogen) atoms. The smallest absolute Gasteiger partial charge is 0.226 e. The highest BCUT2D eigenvalue weighted by atomic mass is 15.2. The Morgan fingerprint density at radius 2 is 1.78 bits per heavy atom. The topological polar surface area (TPSA) is 53.1 Å². The third-order valence-electron chi connectivity index (χ3n) is 3.09. The minimum Gasteiger partial charge on any atom is -0.370 e. The number of piperidine rings is 1. The highest BCUT2D eigenvalue weighted by molar-refractivity contribution is 5.53. The van der Waals surface area contributed by atoms with Gasteiger partial charge in [0.15, 0.2) is 0 Å². The van der Waals surface area contributed by atoms with Crippen LogP contribution >= 0.6 is 0 Å². The van der Waals surface area contributed by atoms with Gasteiger partial charge >= 0.3 is 0 Å². The molecule has 2 N–H and O–H groups in total. The third-order valence-corrected chi connectivity index (χ3v) is 3.09. The quantitative estimate of drug-likeness (QED) is 0.839. The van der Waals surface area contributed by atoms with Crippen molar-refractivity contribution in [3.63, 3.8) is 0 Å². The SMILES string of the molecule is CCNc1cc(N2CCCCC2)nc(NCC)n1. The standard InChI is InChI=1S/C13H23N5/c1-3-14-11-10-12(17-13(16-11)15-4-2)18-8-6-5-7-9-18/h10H,3-9H2,1-2H3,(H2,14,15,16,17). The van der Waals surface area contributed by atoms with E-state index in [2.05, 4.69) is 45.4 Å². The molecular weight excluding hydrogens is 226 g/mol. The van der Waals surface area contributed by atoms with E-state index in [-0.39, 0.29) is 0 Å². The zero-order chi connectivity index (χ0) is 12.8. The Labute approximate surface area is 109 Å². The second-order valence-corrected chi connectivity index (χ2v) is 4.54. The van der Waals surface area contributed by atoms with Crippen LogP contribution in [0.3, 0.4) is 0 Å². The summed E-state index contributed by atoms with van der Waals surface area (Å²) in [5, 5.41) is 6.46. The Hall–Kier alpha value is -1.52. The normalized spacial score (nSPS) is 15.6. The van der Waals surface area contributed by atoms with Crippen LogP contribution in [0.5, 0.6) is 0 Å². The Morgan fingerprint density at radius 1 is 1.06 bits per heavy atom. The van der Waals surface area contributed by atoms with Gasteiger partial charge in [-0.25, -0.2) is 0 Å². The number of aromatic nitrogens is 2. The molecule has 0 aromatic carbocycles. The van der Waals surface area contributed by atoms with Gasteiger partial charge in [0.1, 0.15) is 11.6 Å². The van der Waals surface area contributed by atoms with Crippen LogP contribution in [0, 0.1) is 0 Å². The van der Waals surface area contributed by atoms with Gasteiger partial charge in [0.2, 0.25) is 5.95 Å². The van der Waals surface area contributed by atoms with E-state index in [9.17, 15) is 0 Å². The van der Waals surface area contributed by atoms with Crippen LogP contribution in [0.25, 0.3) is 0 Å². The molecule has 0 spiro atoms. The first-order valence-electron chi connectivity index (χ1n) is 6.95. The first-order chi connectivity index (χ1) is 8.83. The molecule has 0 radical (unpaired) electrons. The van der Waals surface area contributed by atoms with Crippen molar-refractivity contribution in [1.29, 1.82) is 0 Å². The van der Waals surface area contributed by atoms with E-state index in [1.54, 1.807) is 0 Å². The number of hydrogen-bond acceptors (Lipinski definition) is 5. The van der Waals surface area contributed by atoms with Crippen molar-refractivity contribution in [1.82, 2.24) is 9.97 Å². The van der Waals surface area contributed by atoms with Gasteiger partial charge in [-0.15, -0.1) is 0 Å². The van der Waals surface area contributed by atoms with Crippen molar-refractivity contribution in [3.05, 3.63) is 6.07 Å². The molecule has 0 atom stereocenters. The maximum atomic E-state index is 4.59. The Kier molecular flexibility index (Phi) is 4.61. The fourth-order valence-electron chi connectivity index (χ4n) is 2.23. The van der Waals surface area contributed by atoms with Gasteiger partial charge in [-0.1, -0.05) is 0 Å². The van der Waals surface area contributed by atoms with Gasteiger partial charge in [0.05, 0.1) is 0 Å². The van der Waals surface area contributed by atoms with Gasteiger partial charge in [-0.3, -0.25) is 0 Å². The second-order valence-electron chi connectivity index (χ2n) is 4.54. The third kappa shape index (κ3) is 3.24. The van der Waals surface area contributed by atoms with E-state index in [1.807, 2.05) is 0 Å². The van der Waals surface area contributed by atoms with Crippen LogP contribution in [0.15, 0.2) is 6.07 Å². The molecule has 0 bridgehead atoms. The van der Waals surface area contributed by atoms with Gasteiger partial charge in [-0.2, -0.15) is 9.97 Å². The summed E-state index contributed by atoms with van der Waals surface area (Å²) < 4.78 is 0. The molecule has 0 aliphatic carbocycles. The summed E-state index contributed by atoms with van der Waals surface area (Å²) >= 11 is 0. The fourth-order valence-corrected chi connectivity index (χ4v) is 2.23. The summed E-state index contributed by atoms with van der Waals surface area (Å²) in [7, 11) is 0. The Bertz CT molecular complexity index is 349. The molecule has 1 saturated heterocycles. The average molecular weight is 249 g/mol. The van der Waals surface area contributed by atoms with Crippen molar-refractivity contribution in [3.8, 4) is 0 Å². The lowest BCUT2D eigenvalue weighted by Gasteiger charge is -2.28. The lowest BCUT2D eigenvalue weighted by molar-refractivity contribution is 0.573. The van der Waals surface area contributed by atoms with Gasteiger partial charge in [0.25, 0.3) is 0 Å². The first kappa shape index (κ1) is 12.9. The molecule has 2 rings (SSSR count). The molecule has 2 heterocycles. The van der Waals surface area contributed by atoms with Crippen LogP contribution in [-0.4, -0.2) is 36.1 Å². The van der Waals surface area contributed by atoms with E-state index in [4.69, 9.17) is 0 Å². The summed E-state index contributed by atoms with van der Waals surface area (Å²) in [5.41, 5.74) is 0. The Morgan fingerprint density at radius 3 is 2.44 bits per heavy atom. The van der Waals surface area contributed by atoms with Gasteiger partial charge in [0, 0.05) is 32.2 Å². The van der Waals surface area contributed by atoms with E-state index in [1.165, 1.54) is 19.3 Å². The lowest BCUT2D eigenvalue weighted by atomic mass is 10.1. The van der Waals surface area contributed by atoms with E-state index < -0.39 is 0 Å². The molecular formula is C13H23N5. The number of hydrogen-bond donors (Lipinski definition) is 2. The zero-order valence-corrected chi connectivity index (χ0v) is 11.4. The summed E-state index contributed by atoms with van der Waals surface area (Å²) in [4.78, 5) is 11.4. The molecule has 5 nitrogen and oxygen atoms in total. The maximum absolute atomic E-state index is 4.59. The second kappa shape index (κ2) is 6.42. The molecule has 0 amide bonds. The van der Waals surface area contributed by atoms with Crippen LogP contribution < -0.4 is 15.5 Å². The zero-order valence-electron chi connectivity index (χ0n) is 11.4. The van der Waals surface area contributed by atoms with Gasteiger partial charge in [-0.05, 0) is 33.1 Å². The van der Waals surface area contributed by atoms with Crippen molar-refractivity contribution in [2.75, 3.05) is 41.7 Å². The van der Waals surface area contributed by atoms with Crippen molar-refractivity contribution in [2.45, 2.75) is 33.1 Å². The summed E-state index contributed by atoms with van der Waals surface area (Å²) in [6.45, 7) is 8.07. The molecule has 0 saturated carbocycles. The van der Waals surface area contributed by atoms with Gasteiger partial charge < -0.3 is 15.5 Å². The molecule has 100 valence electrons. The molecule has 1 aliphatic heterocycles. The predicted octanol–water partition coefficient (Wildman–Crippen LogP) is 2.33. The molecule has 1 fully saturated rings. The fraction of sp³-hybridized carbons (Fsp3) is 0.692. The summed E-state index contributed by atoms with van der Waals surface area (Å²) in [6.07, 6.45) is 3.86. The highest BCUT2D eigenvalue weighted by Gasteiger charge is 2.14. The molecule has 5 heteroatoms. The molecule has 0 unspecified atom stereocenters. The van der Waals surface area contributed by atoms with E-state index in [0.717, 1.165) is 43.8 Å². The number of rotatable bonds is 5. The minimum absolute atomic E-state index is 0.719. The average Bonchev–Trinajstić information content (AvgIpc) is 2.40. The number of nitrogens with zero attached hydrogens (tertiary/aromatic N) is 3. The lowest BCUT2D eigenvalue weighted by Crippen LogP contribution is -2.30. The predicted molar refractivity (Wildman–Crippen MR) is 76.4 cm³/mol. The van der Waals surface area contributed by atoms with Crippen molar-refractivity contribution >= 4 is 17.6 Å². The largest absolute Gasteiger partial charge is 0.370 e. The van der Waals surface area contributed by atoms with E-state index >= 15 is 0 Å².